The number of halogens is 1. The van der Waals surface area contributed by atoms with Gasteiger partial charge in [0.05, 0.1) is 12.7 Å². The Balaban J connectivity index is 2.35. The third-order valence-corrected chi connectivity index (χ3v) is 3.40. The van der Waals surface area contributed by atoms with Gasteiger partial charge in [0.25, 0.3) is 5.88 Å². The van der Waals surface area contributed by atoms with Crippen LogP contribution in [0.5, 0.6) is 5.88 Å². The third kappa shape index (κ3) is 2.25. The largest absolute Gasteiger partial charge is 0.479 e. The van der Waals surface area contributed by atoms with E-state index in [1.54, 1.807) is 12.1 Å². The number of carbonyl (C=O) groups excluding carboxylic acids is 1. The van der Waals surface area contributed by atoms with Crippen molar-refractivity contribution in [1.29, 1.82) is 0 Å². The first kappa shape index (κ1) is 12.7. The number of pyridine rings is 1. The van der Waals surface area contributed by atoms with E-state index in [9.17, 15) is 9.18 Å². The van der Waals surface area contributed by atoms with Crippen molar-refractivity contribution in [3.05, 3.63) is 46.0 Å². The molecule has 0 bridgehead atoms. The van der Waals surface area contributed by atoms with E-state index in [1.165, 1.54) is 30.7 Å². The number of ether oxygens (including phenoxy) is 1. The Morgan fingerprint density at radius 1 is 1.56 bits per heavy atom. The maximum Gasteiger partial charge on any atom is 0.250 e. The van der Waals surface area contributed by atoms with Gasteiger partial charge in [-0.2, -0.15) is 0 Å². The number of carbonyl (C=O) groups is 1. The van der Waals surface area contributed by atoms with Crippen LogP contribution < -0.4 is 10.5 Å². The molecule has 0 aliphatic rings. The summed E-state index contributed by atoms with van der Waals surface area (Å²) in [6, 6.07) is 3.96. The second-order valence-electron chi connectivity index (χ2n) is 3.54. The van der Waals surface area contributed by atoms with E-state index < -0.39 is 17.6 Å². The highest BCUT2D eigenvalue weighted by atomic mass is 32.1. The first-order valence-electron chi connectivity index (χ1n) is 5.17. The molecule has 2 rings (SSSR count). The Bertz CT molecular complexity index is 557. The molecule has 0 spiro atoms. The normalized spacial score (nSPS) is 12.2. The van der Waals surface area contributed by atoms with E-state index >= 15 is 0 Å². The predicted octanol–water partition coefficient (Wildman–Crippen LogP) is 2.17. The van der Waals surface area contributed by atoms with E-state index in [-0.39, 0.29) is 11.4 Å². The number of ketones is 1. The van der Waals surface area contributed by atoms with Gasteiger partial charge in [0, 0.05) is 11.1 Å². The standard InChI is InChI=1S/C12H11FN2O2S/c1-17-12-9(13)7(4-5-15-12)11(16)10(14)8-3-2-6-18-8/h2-6,10H,14H2,1H3. The van der Waals surface area contributed by atoms with E-state index in [0.29, 0.717) is 4.88 Å². The molecule has 0 radical (unpaired) electrons. The van der Waals surface area contributed by atoms with Gasteiger partial charge in [-0.3, -0.25) is 4.79 Å². The van der Waals surface area contributed by atoms with Crippen molar-refractivity contribution in [3.8, 4) is 5.88 Å². The Morgan fingerprint density at radius 2 is 2.33 bits per heavy atom. The summed E-state index contributed by atoms with van der Waals surface area (Å²) in [6.07, 6.45) is 1.32. The van der Waals surface area contributed by atoms with Gasteiger partial charge < -0.3 is 10.5 Å². The summed E-state index contributed by atoms with van der Waals surface area (Å²) in [5.41, 5.74) is 5.70. The molecular formula is C12H11FN2O2S. The van der Waals surface area contributed by atoms with Crippen LogP contribution in [0.15, 0.2) is 29.8 Å². The zero-order valence-electron chi connectivity index (χ0n) is 9.59. The summed E-state index contributed by atoms with van der Waals surface area (Å²) in [4.78, 5) is 16.5. The molecule has 18 heavy (non-hydrogen) atoms. The molecule has 0 aromatic carbocycles. The number of rotatable bonds is 4. The van der Waals surface area contributed by atoms with Crippen LogP contribution in [-0.2, 0) is 0 Å². The monoisotopic (exact) mass is 266 g/mol. The van der Waals surface area contributed by atoms with Crippen molar-refractivity contribution in [2.45, 2.75) is 6.04 Å². The van der Waals surface area contributed by atoms with Crippen LogP contribution in [0.1, 0.15) is 21.3 Å². The highest BCUT2D eigenvalue weighted by molar-refractivity contribution is 7.10. The molecule has 1 atom stereocenters. The van der Waals surface area contributed by atoms with Crippen molar-refractivity contribution < 1.29 is 13.9 Å². The highest BCUT2D eigenvalue weighted by Crippen LogP contribution is 2.24. The number of nitrogens with two attached hydrogens (primary N) is 1. The van der Waals surface area contributed by atoms with Gasteiger partial charge in [-0.15, -0.1) is 11.3 Å². The Kier molecular flexibility index (Phi) is 3.69. The molecule has 0 amide bonds. The van der Waals surface area contributed by atoms with Crippen molar-refractivity contribution >= 4 is 17.1 Å². The van der Waals surface area contributed by atoms with Crippen LogP contribution in [0.2, 0.25) is 0 Å². The fourth-order valence-electron chi connectivity index (χ4n) is 1.52. The summed E-state index contributed by atoms with van der Waals surface area (Å²) in [5.74, 6) is -1.48. The van der Waals surface area contributed by atoms with Gasteiger partial charge in [0.2, 0.25) is 0 Å². The summed E-state index contributed by atoms with van der Waals surface area (Å²) < 4.78 is 18.6. The van der Waals surface area contributed by atoms with Crippen molar-refractivity contribution in [3.63, 3.8) is 0 Å². The highest BCUT2D eigenvalue weighted by Gasteiger charge is 2.23. The van der Waals surface area contributed by atoms with Crippen molar-refractivity contribution in [2.75, 3.05) is 7.11 Å². The molecule has 4 nitrogen and oxygen atoms in total. The number of thiophene rings is 1. The van der Waals surface area contributed by atoms with Crippen LogP contribution >= 0.6 is 11.3 Å². The molecule has 2 N–H and O–H groups in total. The van der Waals surface area contributed by atoms with E-state index in [1.807, 2.05) is 5.38 Å². The van der Waals surface area contributed by atoms with Gasteiger partial charge >= 0.3 is 0 Å². The van der Waals surface area contributed by atoms with Crippen molar-refractivity contribution in [2.24, 2.45) is 5.73 Å². The van der Waals surface area contributed by atoms with Gasteiger partial charge in [0.15, 0.2) is 11.6 Å². The smallest absolute Gasteiger partial charge is 0.250 e. The van der Waals surface area contributed by atoms with Crippen LogP contribution in [0.3, 0.4) is 0 Å². The molecule has 0 saturated heterocycles. The molecule has 0 fully saturated rings. The lowest BCUT2D eigenvalue weighted by Crippen LogP contribution is -2.21. The number of hydrogen-bond donors (Lipinski definition) is 1. The maximum atomic E-state index is 13.9. The average molecular weight is 266 g/mol. The first-order chi connectivity index (χ1) is 8.65. The average Bonchev–Trinajstić information content (AvgIpc) is 2.91. The minimum absolute atomic E-state index is 0.109. The number of methoxy groups -OCH3 is 1. The molecule has 2 aromatic rings. The lowest BCUT2D eigenvalue weighted by Gasteiger charge is -2.10. The zero-order valence-corrected chi connectivity index (χ0v) is 10.4. The summed E-state index contributed by atoms with van der Waals surface area (Å²) >= 11 is 1.35. The molecule has 1 unspecified atom stereocenters. The predicted molar refractivity (Wildman–Crippen MR) is 66.3 cm³/mol. The number of aromatic nitrogens is 1. The van der Waals surface area contributed by atoms with E-state index in [2.05, 4.69) is 4.98 Å². The van der Waals surface area contributed by atoms with Crippen LogP contribution in [0, 0.1) is 5.82 Å². The fourth-order valence-corrected chi connectivity index (χ4v) is 2.25. The third-order valence-electron chi connectivity index (χ3n) is 2.45. The lowest BCUT2D eigenvalue weighted by atomic mass is 10.0. The minimum Gasteiger partial charge on any atom is -0.479 e. The van der Waals surface area contributed by atoms with Crippen molar-refractivity contribution in [1.82, 2.24) is 4.98 Å². The second kappa shape index (κ2) is 5.24. The first-order valence-corrected chi connectivity index (χ1v) is 6.04. The lowest BCUT2D eigenvalue weighted by molar-refractivity contribution is 0.0957. The zero-order chi connectivity index (χ0) is 13.1. The summed E-state index contributed by atoms with van der Waals surface area (Å²) in [7, 11) is 1.29. The maximum absolute atomic E-state index is 13.9. The van der Waals surface area contributed by atoms with Gasteiger partial charge in [-0.25, -0.2) is 9.37 Å². The summed E-state index contributed by atoms with van der Waals surface area (Å²) in [6.45, 7) is 0. The summed E-state index contributed by atoms with van der Waals surface area (Å²) in [5, 5.41) is 1.81. The number of hydrogen-bond acceptors (Lipinski definition) is 5. The molecule has 6 heteroatoms. The molecule has 0 saturated carbocycles. The van der Waals surface area contributed by atoms with Crippen LogP contribution in [0.4, 0.5) is 4.39 Å². The van der Waals surface area contributed by atoms with E-state index in [4.69, 9.17) is 10.5 Å². The molecular weight excluding hydrogens is 255 g/mol. The number of nitrogens with zero attached hydrogens (tertiary/aromatic N) is 1. The SMILES string of the molecule is COc1nccc(C(=O)C(N)c2cccs2)c1F. The Hall–Kier alpha value is -1.79. The second-order valence-corrected chi connectivity index (χ2v) is 4.52. The van der Waals surface area contributed by atoms with Gasteiger partial charge in [-0.1, -0.05) is 6.07 Å². The topological polar surface area (TPSA) is 65.2 Å². The van der Waals surface area contributed by atoms with Gasteiger partial charge in [0.1, 0.15) is 6.04 Å². The molecule has 2 heterocycles. The minimum atomic E-state index is -0.869. The molecule has 2 aromatic heterocycles. The quantitative estimate of drug-likeness (QED) is 0.861. The Labute approximate surface area is 107 Å². The van der Waals surface area contributed by atoms with E-state index in [0.717, 1.165) is 0 Å². The molecule has 0 aliphatic carbocycles. The van der Waals surface area contributed by atoms with Crippen LogP contribution in [-0.4, -0.2) is 17.9 Å². The number of Topliss-reactive ketones (excluding diaryl/α,β-unsaturated/α-hetero) is 1. The fraction of sp³-hybridized carbons (Fsp3) is 0.167. The Morgan fingerprint density at radius 3 is 2.94 bits per heavy atom. The molecule has 0 aliphatic heterocycles. The van der Waals surface area contributed by atoms with Crippen LogP contribution in [0.25, 0.3) is 0 Å². The van der Waals surface area contributed by atoms with Gasteiger partial charge in [-0.05, 0) is 17.5 Å². The molecule has 94 valence electrons.